The Hall–Kier alpha value is -1.32. The van der Waals surface area contributed by atoms with Gasteiger partial charge in [-0.15, -0.1) is 0 Å². The highest BCUT2D eigenvalue weighted by atomic mass is 16.6. The highest BCUT2D eigenvalue weighted by Gasteiger charge is 2.52. The number of carbonyl (C=O) groups is 2. The Morgan fingerprint density at radius 3 is 2.85 bits per heavy atom. The minimum atomic E-state index is -0.561. The van der Waals surface area contributed by atoms with Crippen LogP contribution < -0.4 is 0 Å². The van der Waals surface area contributed by atoms with Gasteiger partial charge < -0.3 is 4.74 Å². The lowest BCUT2D eigenvalue weighted by Crippen LogP contribution is -2.43. The van der Waals surface area contributed by atoms with Crippen LogP contribution in [0.2, 0.25) is 0 Å². The summed E-state index contributed by atoms with van der Waals surface area (Å²) in [6.45, 7) is 5.50. The number of hydrogen-bond acceptors (Lipinski definition) is 3. The second-order valence-electron chi connectivity index (χ2n) is 7.22. The number of nitrogens with zero attached hydrogens (tertiary/aromatic N) is 1. The van der Waals surface area contributed by atoms with Crippen molar-refractivity contribution in [3.63, 3.8) is 0 Å². The zero-order valence-corrected chi connectivity index (χ0v) is 12.5. The fourth-order valence-electron chi connectivity index (χ4n) is 3.91. The molecule has 1 aliphatic heterocycles. The van der Waals surface area contributed by atoms with Crippen molar-refractivity contribution < 1.29 is 14.3 Å². The van der Waals surface area contributed by atoms with Gasteiger partial charge in [-0.2, -0.15) is 0 Å². The molecular formula is C16H23NO3. The average Bonchev–Trinajstić information content (AvgIpc) is 2.80. The lowest BCUT2D eigenvalue weighted by Gasteiger charge is -2.29. The number of allylic oxidation sites excluding steroid dienone is 1. The highest BCUT2D eigenvalue weighted by Crippen LogP contribution is 2.49. The predicted molar refractivity (Wildman–Crippen MR) is 75.0 cm³/mol. The van der Waals surface area contributed by atoms with Gasteiger partial charge in [-0.1, -0.05) is 6.08 Å². The van der Waals surface area contributed by atoms with Crippen LogP contribution in [-0.2, 0) is 9.53 Å². The van der Waals surface area contributed by atoms with E-state index in [0.717, 1.165) is 12.8 Å². The number of likely N-dealkylation sites (tertiary alicyclic amines) is 1. The van der Waals surface area contributed by atoms with Crippen LogP contribution in [0, 0.1) is 11.8 Å². The SMILES string of the molecule is CC(C)(C)OC(=O)N1C(=O)C[C@H]2C[C@@H]3CCCC=C3[C@H]21. The Labute approximate surface area is 120 Å². The van der Waals surface area contributed by atoms with Crippen molar-refractivity contribution in [1.82, 2.24) is 4.90 Å². The molecule has 110 valence electrons. The molecule has 3 rings (SSSR count). The van der Waals surface area contributed by atoms with Crippen molar-refractivity contribution in [2.45, 2.75) is 64.5 Å². The van der Waals surface area contributed by atoms with Gasteiger partial charge in [-0.3, -0.25) is 4.79 Å². The summed E-state index contributed by atoms with van der Waals surface area (Å²) in [4.78, 5) is 25.9. The second kappa shape index (κ2) is 4.61. The number of fused-ring (bicyclic) bond motifs is 3. The van der Waals surface area contributed by atoms with E-state index < -0.39 is 11.7 Å². The Kier molecular flexibility index (Phi) is 3.14. The van der Waals surface area contributed by atoms with E-state index in [4.69, 9.17) is 4.74 Å². The van der Waals surface area contributed by atoms with E-state index in [0.29, 0.717) is 18.3 Å². The first kappa shape index (κ1) is 13.7. The molecule has 4 nitrogen and oxygen atoms in total. The Morgan fingerprint density at radius 2 is 2.15 bits per heavy atom. The summed E-state index contributed by atoms with van der Waals surface area (Å²) in [5.41, 5.74) is 0.756. The van der Waals surface area contributed by atoms with Crippen molar-refractivity contribution in [3.8, 4) is 0 Å². The topological polar surface area (TPSA) is 46.6 Å². The summed E-state index contributed by atoms with van der Waals surface area (Å²) in [7, 11) is 0. The van der Waals surface area contributed by atoms with E-state index in [9.17, 15) is 9.59 Å². The molecule has 0 unspecified atom stereocenters. The number of rotatable bonds is 0. The lowest BCUT2D eigenvalue weighted by molar-refractivity contribution is -0.127. The number of imide groups is 1. The van der Waals surface area contributed by atoms with Gasteiger partial charge in [-0.25, -0.2) is 9.69 Å². The van der Waals surface area contributed by atoms with Crippen LogP contribution in [0.15, 0.2) is 11.6 Å². The smallest absolute Gasteiger partial charge is 0.417 e. The molecule has 0 N–H and O–H groups in total. The van der Waals surface area contributed by atoms with Crippen LogP contribution in [0.4, 0.5) is 4.79 Å². The lowest BCUT2D eigenvalue weighted by atomic mass is 9.89. The monoisotopic (exact) mass is 277 g/mol. The summed E-state index contributed by atoms with van der Waals surface area (Å²) in [5.74, 6) is 0.820. The van der Waals surface area contributed by atoms with Gasteiger partial charge in [0, 0.05) is 6.42 Å². The fourth-order valence-corrected chi connectivity index (χ4v) is 3.91. The molecule has 1 saturated carbocycles. The number of amides is 2. The minimum absolute atomic E-state index is 0.0253. The number of hydrogen-bond donors (Lipinski definition) is 0. The van der Waals surface area contributed by atoms with Crippen molar-refractivity contribution in [2.24, 2.45) is 11.8 Å². The summed E-state index contributed by atoms with van der Waals surface area (Å²) in [6, 6.07) is -0.0253. The minimum Gasteiger partial charge on any atom is -0.443 e. The largest absolute Gasteiger partial charge is 0.443 e. The van der Waals surface area contributed by atoms with E-state index in [1.54, 1.807) is 0 Å². The van der Waals surface area contributed by atoms with Gasteiger partial charge in [0.1, 0.15) is 5.60 Å². The molecule has 3 aliphatic rings. The molecule has 0 aromatic carbocycles. The summed E-state index contributed by atoms with van der Waals surface area (Å²) >= 11 is 0. The van der Waals surface area contributed by atoms with E-state index in [1.165, 1.54) is 23.3 Å². The highest BCUT2D eigenvalue weighted by molar-refractivity contribution is 5.95. The molecule has 3 atom stereocenters. The van der Waals surface area contributed by atoms with Crippen molar-refractivity contribution >= 4 is 12.0 Å². The maximum atomic E-state index is 12.3. The van der Waals surface area contributed by atoms with Crippen LogP contribution in [-0.4, -0.2) is 28.5 Å². The van der Waals surface area contributed by atoms with Crippen molar-refractivity contribution in [2.75, 3.05) is 0 Å². The molecule has 2 aliphatic carbocycles. The third-order valence-corrected chi connectivity index (χ3v) is 4.56. The Balaban J connectivity index is 1.85. The first-order valence-electron chi connectivity index (χ1n) is 7.62. The maximum absolute atomic E-state index is 12.3. The molecule has 0 aromatic rings. The molecular weight excluding hydrogens is 254 g/mol. The van der Waals surface area contributed by atoms with Crippen LogP contribution in [0.3, 0.4) is 0 Å². The average molecular weight is 277 g/mol. The van der Waals surface area contributed by atoms with Crippen molar-refractivity contribution in [3.05, 3.63) is 11.6 Å². The van der Waals surface area contributed by atoms with E-state index in [-0.39, 0.29) is 11.9 Å². The van der Waals surface area contributed by atoms with Gasteiger partial charge >= 0.3 is 6.09 Å². The third-order valence-electron chi connectivity index (χ3n) is 4.56. The zero-order chi connectivity index (χ0) is 14.5. The second-order valence-corrected chi connectivity index (χ2v) is 7.22. The first-order valence-corrected chi connectivity index (χ1v) is 7.62. The first-order chi connectivity index (χ1) is 9.37. The van der Waals surface area contributed by atoms with Gasteiger partial charge in [0.25, 0.3) is 0 Å². The quantitative estimate of drug-likeness (QED) is 0.638. The molecule has 0 aromatic heterocycles. The van der Waals surface area contributed by atoms with E-state index in [1.807, 2.05) is 20.8 Å². The summed E-state index contributed by atoms with van der Waals surface area (Å²) in [6.07, 6.45) is 6.85. The van der Waals surface area contributed by atoms with E-state index in [2.05, 4.69) is 6.08 Å². The predicted octanol–water partition coefficient (Wildman–Crippen LogP) is 3.27. The van der Waals surface area contributed by atoms with Crippen LogP contribution in [0.5, 0.6) is 0 Å². The molecule has 2 fully saturated rings. The molecule has 1 saturated heterocycles. The van der Waals surface area contributed by atoms with Crippen LogP contribution in [0.1, 0.15) is 52.9 Å². The van der Waals surface area contributed by atoms with Gasteiger partial charge in [-0.05, 0) is 63.9 Å². The standard InChI is InChI=1S/C16H23NO3/c1-16(2,3)20-15(19)17-13(18)9-11-8-10-6-4-5-7-12(10)14(11)17/h7,10-11,14H,4-6,8-9H2,1-3H3/t10-,11+,14-/m0/s1. The van der Waals surface area contributed by atoms with Crippen LogP contribution in [0.25, 0.3) is 0 Å². The number of ether oxygens (including phenoxy) is 1. The summed E-state index contributed by atoms with van der Waals surface area (Å²) < 4.78 is 5.42. The van der Waals surface area contributed by atoms with Gasteiger partial charge in [0.15, 0.2) is 0 Å². The molecule has 4 heteroatoms. The normalized spacial score (nSPS) is 32.8. The molecule has 0 bridgehead atoms. The van der Waals surface area contributed by atoms with Gasteiger partial charge in [0.05, 0.1) is 6.04 Å². The fraction of sp³-hybridized carbons (Fsp3) is 0.750. The van der Waals surface area contributed by atoms with E-state index >= 15 is 0 Å². The molecule has 0 radical (unpaired) electrons. The molecule has 0 spiro atoms. The Bertz CT molecular complexity index is 475. The third kappa shape index (κ3) is 2.25. The maximum Gasteiger partial charge on any atom is 0.417 e. The van der Waals surface area contributed by atoms with Gasteiger partial charge in [0.2, 0.25) is 5.91 Å². The Morgan fingerprint density at radius 1 is 1.40 bits per heavy atom. The zero-order valence-electron chi connectivity index (χ0n) is 12.5. The summed E-state index contributed by atoms with van der Waals surface area (Å²) in [5, 5.41) is 0. The molecule has 2 amide bonds. The molecule has 1 heterocycles. The van der Waals surface area contributed by atoms with Crippen LogP contribution >= 0.6 is 0 Å². The number of carbonyl (C=O) groups excluding carboxylic acids is 2. The molecule has 20 heavy (non-hydrogen) atoms. The van der Waals surface area contributed by atoms with Crippen molar-refractivity contribution in [1.29, 1.82) is 0 Å².